The zero-order valence-electron chi connectivity index (χ0n) is 11.6. The molecular weight excluding hydrogens is 296 g/mol. The second-order valence-corrected chi connectivity index (χ2v) is 7.09. The van der Waals surface area contributed by atoms with E-state index in [9.17, 15) is 4.79 Å². The van der Waals surface area contributed by atoms with Crippen molar-refractivity contribution in [1.29, 1.82) is 0 Å². The number of aryl methyl sites for hydroxylation is 1. The van der Waals surface area contributed by atoms with Gasteiger partial charge in [0.2, 0.25) is 5.91 Å². The standard InChI is InChI=1S/C12H20N4O2S2/c1-9-15-16-12(20-9)19-6-2-3-14-11(17)7-10-8-18-5-4-13-10/h10,13H,2-8H2,1H3,(H,14,17)/t10-/m1/s1. The minimum atomic E-state index is 0.0877. The number of amides is 1. The predicted octanol–water partition coefficient (Wildman–Crippen LogP) is 0.823. The summed E-state index contributed by atoms with van der Waals surface area (Å²) in [5, 5.41) is 15.2. The highest BCUT2D eigenvalue weighted by atomic mass is 32.2. The first-order chi connectivity index (χ1) is 9.74. The summed E-state index contributed by atoms with van der Waals surface area (Å²) in [6, 6.07) is 0.155. The molecule has 6 nitrogen and oxygen atoms in total. The number of ether oxygens (including phenoxy) is 1. The molecule has 0 spiro atoms. The number of hydrogen-bond donors (Lipinski definition) is 2. The zero-order chi connectivity index (χ0) is 14.2. The Morgan fingerprint density at radius 3 is 3.20 bits per heavy atom. The van der Waals surface area contributed by atoms with Gasteiger partial charge in [0.15, 0.2) is 4.34 Å². The average Bonchev–Trinajstić information content (AvgIpc) is 2.85. The van der Waals surface area contributed by atoms with Crippen LogP contribution in [0.2, 0.25) is 0 Å². The van der Waals surface area contributed by atoms with Gasteiger partial charge in [0.25, 0.3) is 0 Å². The van der Waals surface area contributed by atoms with Crippen LogP contribution >= 0.6 is 23.1 Å². The van der Waals surface area contributed by atoms with Gasteiger partial charge in [-0.1, -0.05) is 23.1 Å². The van der Waals surface area contributed by atoms with E-state index < -0.39 is 0 Å². The number of rotatable bonds is 7. The molecule has 1 aromatic rings. The maximum absolute atomic E-state index is 11.7. The Labute approximate surface area is 127 Å². The quantitative estimate of drug-likeness (QED) is 0.573. The molecule has 112 valence electrons. The highest BCUT2D eigenvalue weighted by molar-refractivity contribution is 8.01. The van der Waals surface area contributed by atoms with Crippen molar-refractivity contribution in [3.05, 3.63) is 5.01 Å². The van der Waals surface area contributed by atoms with E-state index in [1.54, 1.807) is 23.1 Å². The van der Waals surface area contributed by atoms with Crippen molar-refractivity contribution in [2.75, 3.05) is 32.1 Å². The number of thioether (sulfide) groups is 1. The molecule has 1 atom stereocenters. The fourth-order valence-electron chi connectivity index (χ4n) is 1.84. The summed E-state index contributed by atoms with van der Waals surface area (Å²) in [5.41, 5.74) is 0. The van der Waals surface area contributed by atoms with Crippen LogP contribution in [-0.4, -0.2) is 54.2 Å². The third-order valence-electron chi connectivity index (χ3n) is 2.81. The van der Waals surface area contributed by atoms with Crippen molar-refractivity contribution in [3.63, 3.8) is 0 Å². The van der Waals surface area contributed by atoms with Gasteiger partial charge in [-0.15, -0.1) is 10.2 Å². The largest absolute Gasteiger partial charge is 0.378 e. The van der Waals surface area contributed by atoms with Crippen molar-refractivity contribution < 1.29 is 9.53 Å². The molecule has 1 aliphatic heterocycles. The Morgan fingerprint density at radius 1 is 1.60 bits per heavy atom. The molecule has 0 radical (unpaired) electrons. The van der Waals surface area contributed by atoms with Crippen LogP contribution in [0.25, 0.3) is 0 Å². The molecule has 1 aromatic heterocycles. The maximum Gasteiger partial charge on any atom is 0.221 e. The van der Waals surface area contributed by atoms with Crippen LogP contribution in [-0.2, 0) is 9.53 Å². The van der Waals surface area contributed by atoms with Crippen molar-refractivity contribution in [2.24, 2.45) is 0 Å². The minimum Gasteiger partial charge on any atom is -0.378 e. The molecule has 8 heteroatoms. The fourth-order valence-corrected chi connectivity index (χ4v) is 3.67. The van der Waals surface area contributed by atoms with Gasteiger partial charge < -0.3 is 15.4 Å². The highest BCUT2D eigenvalue weighted by Crippen LogP contribution is 2.21. The van der Waals surface area contributed by atoms with Crippen molar-refractivity contribution >= 4 is 29.0 Å². The van der Waals surface area contributed by atoms with E-state index in [-0.39, 0.29) is 11.9 Å². The lowest BCUT2D eigenvalue weighted by Gasteiger charge is -2.23. The van der Waals surface area contributed by atoms with E-state index in [0.717, 1.165) is 34.7 Å². The predicted molar refractivity (Wildman–Crippen MR) is 80.2 cm³/mol. The summed E-state index contributed by atoms with van der Waals surface area (Å²) in [6.07, 6.45) is 1.42. The maximum atomic E-state index is 11.7. The SMILES string of the molecule is Cc1nnc(SCCCNC(=O)C[C@@H]2COCCN2)s1. The molecule has 0 aromatic carbocycles. The molecule has 1 aliphatic rings. The molecule has 2 heterocycles. The van der Waals surface area contributed by atoms with Crippen LogP contribution in [0.1, 0.15) is 17.8 Å². The first-order valence-electron chi connectivity index (χ1n) is 6.75. The van der Waals surface area contributed by atoms with Gasteiger partial charge in [0.05, 0.1) is 13.2 Å². The van der Waals surface area contributed by atoms with Gasteiger partial charge in [-0.25, -0.2) is 0 Å². The minimum absolute atomic E-state index is 0.0877. The molecular formula is C12H20N4O2S2. The number of carbonyl (C=O) groups is 1. The van der Waals surface area contributed by atoms with Gasteiger partial charge in [0.1, 0.15) is 5.01 Å². The summed E-state index contributed by atoms with van der Waals surface area (Å²) in [4.78, 5) is 11.7. The van der Waals surface area contributed by atoms with Gasteiger partial charge in [-0.05, 0) is 13.3 Å². The van der Waals surface area contributed by atoms with Gasteiger partial charge >= 0.3 is 0 Å². The fraction of sp³-hybridized carbons (Fsp3) is 0.750. The van der Waals surface area contributed by atoms with Crippen LogP contribution in [0.4, 0.5) is 0 Å². The van der Waals surface area contributed by atoms with E-state index in [1.165, 1.54) is 0 Å². The van der Waals surface area contributed by atoms with E-state index >= 15 is 0 Å². The Morgan fingerprint density at radius 2 is 2.50 bits per heavy atom. The van der Waals surface area contributed by atoms with Gasteiger partial charge in [0, 0.05) is 31.3 Å². The second-order valence-electron chi connectivity index (χ2n) is 4.57. The highest BCUT2D eigenvalue weighted by Gasteiger charge is 2.16. The zero-order valence-corrected chi connectivity index (χ0v) is 13.2. The third kappa shape index (κ3) is 5.74. The van der Waals surface area contributed by atoms with Crippen LogP contribution in [0.5, 0.6) is 0 Å². The topological polar surface area (TPSA) is 76.1 Å². The van der Waals surface area contributed by atoms with Crippen LogP contribution in [0.3, 0.4) is 0 Å². The molecule has 1 amide bonds. The van der Waals surface area contributed by atoms with Gasteiger partial charge in [-0.3, -0.25) is 4.79 Å². The van der Waals surface area contributed by atoms with E-state index in [2.05, 4.69) is 20.8 Å². The number of carbonyl (C=O) groups excluding carboxylic acids is 1. The van der Waals surface area contributed by atoms with Crippen molar-refractivity contribution in [3.8, 4) is 0 Å². The summed E-state index contributed by atoms with van der Waals surface area (Å²) in [6.45, 7) is 4.85. The number of morpholine rings is 1. The monoisotopic (exact) mass is 316 g/mol. The molecule has 2 N–H and O–H groups in total. The van der Waals surface area contributed by atoms with Crippen LogP contribution in [0.15, 0.2) is 4.34 Å². The second kappa shape index (κ2) is 8.56. The molecule has 0 aliphatic carbocycles. The Bertz CT molecular complexity index is 421. The van der Waals surface area contributed by atoms with E-state index in [1.807, 2.05) is 6.92 Å². The van der Waals surface area contributed by atoms with E-state index in [0.29, 0.717) is 19.6 Å². The van der Waals surface area contributed by atoms with Crippen molar-refractivity contribution in [1.82, 2.24) is 20.8 Å². The third-order valence-corrected chi connectivity index (χ3v) is 4.86. The number of aromatic nitrogens is 2. The van der Waals surface area contributed by atoms with E-state index in [4.69, 9.17) is 4.74 Å². The molecule has 0 saturated carbocycles. The average molecular weight is 316 g/mol. The smallest absolute Gasteiger partial charge is 0.221 e. The molecule has 1 saturated heterocycles. The van der Waals surface area contributed by atoms with Crippen molar-refractivity contribution in [2.45, 2.75) is 30.1 Å². The summed E-state index contributed by atoms with van der Waals surface area (Å²) in [7, 11) is 0. The van der Waals surface area contributed by atoms with Crippen LogP contribution < -0.4 is 10.6 Å². The normalized spacial score (nSPS) is 18.9. The first-order valence-corrected chi connectivity index (χ1v) is 8.55. The first kappa shape index (κ1) is 15.7. The van der Waals surface area contributed by atoms with Gasteiger partial charge in [-0.2, -0.15) is 0 Å². The summed E-state index contributed by atoms with van der Waals surface area (Å²) < 4.78 is 6.32. The lowest BCUT2D eigenvalue weighted by molar-refractivity contribution is -0.122. The Kier molecular flexibility index (Phi) is 6.71. The molecule has 0 unspecified atom stereocenters. The lowest BCUT2D eigenvalue weighted by Crippen LogP contribution is -2.44. The Balaban J connectivity index is 1.50. The molecule has 2 rings (SSSR count). The molecule has 1 fully saturated rings. The lowest BCUT2D eigenvalue weighted by atomic mass is 10.2. The summed E-state index contributed by atoms with van der Waals surface area (Å²) >= 11 is 3.30. The molecule has 0 bridgehead atoms. The molecule has 20 heavy (non-hydrogen) atoms. The number of nitrogens with one attached hydrogen (secondary N) is 2. The Hall–Kier alpha value is -0.700. The van der Waals surface area contributed by atoms with Crippen LogP contribution in [0, 0.1) is 6.92 Å². The number of hydrogen-bond acceptors (Lipinski definition) is 7. The summed E-state index contributed by atoms with van der Waals surface area (Å²) in [5.74, 6) is 1.03. The number of nitrogens with zero attached hydrogens (tertiary/aromatic N) is 2.